The van der Waals surface area contributed by atoms with Crippen molar-refractivity contribution in [3.8, 4) is 11.3 Å². The summed E-state index contributed by atoms with van der Waals surface area (Å²) in [6, 6.07) is 15.4. The summed E-state index contributed by atoms with van der Waals surface area (Å²) in [7, 11) is 0. The molecule has 2 amide bonds. The van der Waals surface area contributed by atoms with E-state index >= 15 is 0 Å². The Bertz CT molecular complexity index is 931. The van der Waals surface area contributed by atoms with Crippen LogP contribution in [-0.4, -0.2) is 11.0 Å². The van der Waals surface area contributed by atoms with Gasteiger partial charge in [-0.1, -0.05) is 55.1 Å². The number of carbonyl (C=O) groups is 1. The summed E-state index contributed by atoms with van der Waals surface area (Å²) in [6.07, 6.45) is 6.64. The standard InChI is InChI=1S/C22H22ClN3OS/c23-18-10-12-19(13-11-18)24-21(27)26-22-25-20(14-28-22)17-8-6-16(7-9-17)15-4-2-1-3-5-15/h6-15H,1-5H2,(H2,24,25,26,27). The van der Waals surface area contributed by atoms with Crippen molar-refractivity contribution in [2.24, 2.45) is 0 Å². The summed E-state index contributed by atoms with van der Waals surface area (Å²) >= 11 is 7.27. The Morgan fingerprint density at radius 1 is 0.964 bits per heavy atom. The van der Waals surface area contributed by atoms with E-state index in [1.807, 2.05) is 5.38 Å². The molecule has 1 saturated carbocycles. The second-order valence-electron chi connectivity index (χ2n) is 7.08. The summed E-state index contributed by atoms with van der Waals surface area (Å²) in [5, 5.41) is 8.71. The van der Waals surface area contributed by atoms with Gasteiger partial charge in [-0.25, -0.2) is 9.78 Å². The lowest BCUT2D eigenvalue weighted by Gasteiger charge is -2.22. The fourth-order valence-electron chi connectivity index (χ4n) is 3.62. The molecule has 0 saturated heterocycles. The van der Waals surface area contributed by atoms with Crippen molar-refractivity contribution in [1.29, 1.82) is 0 Å². The molecule has 0 radical (unpaired) electrons. The number of amides is 2. The predicted molar refractivity (Wildman–Crippen MR) is 117 cm³/mol. The number of nitrogens with zero attached hydrogens (tertiary/aromatic N) is 1. The smallest absolute Gasteiger partial charge is 0.308 e. The van der Waals surface area contributed by atoms with Crippen LogP contribution < -0.4 is 10.6 Å². The summed E-state index contributed by atoms with van der Waals surface area (Å²) in [5.74, 6) is 0.701. The lowest BCUT2D eigenvalue weighted by molar-refractivity contribution is 0.262. The highest BCUT2D eigenvalue weighted by Gasteiger charge is 2.15. The van der Waals surface area contributed by atoms with E-state index in [9.17, 15) is 4.79 Å². The zero-order valence-corrected chi connectivity index (χ0v) is 17.0. The van der Waals surface area contributed by atoms with Crippen molar-refractivity contribution < 1.29 is 4.79 Å². The minimum atomic E-state index is -0.323. The quantitative estimate of drug-likeness (QED) is 0.478. The minimum Gasteiger partial charge on any atom is -0.308 e. The van der Waals surface area contributed by atoms with Gasteiger partial charge in [-0.3, -0.25) is 5.32 Å². The van der Waals surface area contributed by atoms with Gasteiger partial charge in [-0.2, -0.15) is 0 Å². The van der Waals surface area contributed by atoms with Crippen LogP contribution in [0.3, 0.4) is 0 Å². The Balaban J connectivity index is 1.38. The molecule has 0 aliphatic heterocycles. The number of rotatable bonds is 4. The molecule has 6 heteroatoms. The Labute approximate surface area is 174 Å². The van der Waals surface area contributed by atoms with Gasteiger partial charge in [0, 0.05) is 21.7 Å². The largest absolute Gasteiger partial charge is 0.325 e. The van der Waals surface area contributed by atoms with Gasteiger partial charge in [-0.05, 0) is 48.6 Å². The highest BCUT2D eigenvalue weighted by molar-refractivity contribution is 7.14. The number of hydrogen-bond acceptors (Lipinski definition) is 3. The first-order chi connectivity index (χ1) is 13.7. The molecule has 0 unspecified atom stereocenters. The van der Waals surface area contributed by atoms with E-state index in [1.165, 1.54) is 49.0 Å². The van der Waals surface area contributed by atoms with Crippen LogP contribution in [0.25, 0.3) is 11.3 Å². The van der Waals surface area contributed by atoms with Crippen molar-refractivity contribution in [1.82, 2.24) is 4.98 Å². The molecule has 2 N–H and O–H groups in total. The van der Waals surface area contributed by atoms with Crippen molar-refractivity contribution in [2.45, 2.75) is 38.0 Å². The molecule has 2 aromatic carbocycles. The first kappa shape index (κ1) is 19.0. The molecule has 1 aliphatic rings. The van der Waals surface area contributed by atoms with Crippen LogP contribution in [0.5, 0.6) is 0 Å². The van der Waals surface area contributed by atoms with E-state index in [2.05, 4.69) is 39.9 Å². The second-order valence-corrected chi connectivity index (χ2v) is 8.38. The number of aromatic nitrogens is 1. The fourth-order valence-corrected chi connectivity index (χ4v) is 4.46. The first-order valence-corrected chi connectivity index (χ1v) is 10.8. The molecule has 0 atom stereocenters. The third kappa shape index (κ3) is 4.72. The summed E-state index contributed by atoms with van der Waals surface area (Å²) in [6.45, 7) is 0. The highest BCUT2D eigenvalue weighted by Crippen LogP contribution is 2.34. The SMILES string of the molecule is O=C(Nc1ccc(Cl)cc1)Nc1nc(-c2ccc(C3CCCCC3)cc2)cs1. The predicted octanol–water partition coefficient (Wildman–Crippen LogP) is 7.16. The van der Waals surface area contributed by atoms with Crippen molar-refractivity contribution in [3.63, 3.8) is 0 Å². The van der Waals surface area contributed by atoms with Crippen LogP contribution in [-0.2, 0) is 0 Å². The number of carbonyl (C=O) groups excluding carboxylic acids is 1. The average Bonchev–Trinajstić information content (AvgIpc) is 3.19. The number of anilines is 2. The highest BCUT2D eigenvalue weighted by atomic mass is 35.5. The van der Waals surface area contributed by atoms with Gasteiger partial charge in [0.2, 0.25) is 0 Å². The molecule has 1 aromatic heterocycles. The third-order valence-corrected chi connectivity index (χ3v) is 6.12. The number of thiazole rings is 1. The lowest BCUT2D eigenvalue weighted by Crippen LogP contribution is -2.19. The summed E-state index contributed by atoms with van der Waals surface area (Å²) in [4.78, 5) is 16.7. The normalized spacial score (nSPS) is 14.6. The number of hydrogen-bond donors (Lipinski definition) is 2. The number of nitrogens with one attached hydrogen (secondary N) is 2. The lowest BCUT2D eigenvalue weighted by atomic mass is 9.84. The Kier molecular flexibility index (Phi) is 5.93. The Morgan fingerprint density at radius 2 is 1.68 bits per heavy atom. The van der Waals surface area contributed by atoms with Crippen LogP contribution in [0.4, 0.5) is 15.6 Å². The molecule has 28 heavy (non-hydrogen) atoms. The average molecular weight is 412 g/mol. The monoisotopic (exact) mass is 411 g/mol. The Morgan fingerprint density at radius 3 is 2.39 bits per heavy atom. The van der Waals surface area contributed by atoms with Crippen LogP contribution in [0.15, 0.2) is 53.9 Å². The van der Waals surface area contributed by atoms with E-state index in [0.29, 0.717) is 21.8 Å². The van der Waals surface area contributed by atoms with Crippen LogP contribution in [0.2, 0.25) is 5.02 Å². The van der Waals surface area contributed by atoms with E-state index in [-0.39, 0.29) is 6.03 Å². The molecule has 3 aromatic rings. The zero-order chi connectivity index (χ0) is 19.3. The maximum absolute atomic E-state index is 12.1. The summed E-state index contributed by atoms with van der Waals surface area (Å²) in [5.41, 5.74) is 4.06. The molecule has 4 nitrogen and oxygen atoms in total. The Hall–Kier alpha value is -2.37. The van der Waals surface area contributed by atoms with Crippen molar-refractivity contribution in [2.75, 3.05) is 10.6 Å². The molecule has 0 bridgehead atoms. The van der Waals surface area contributed by atoms with Gasteiger partial charge in [0.15, 0.2) is 5.13 Å². The second kappa shape index (κ2) is 8.76. The number of halogens is 1. The van der Waals surface area contributed by atoms with E-state index in [4.69, 9.17) is 11.6 Å². The molecule has 1 aliphatic carbocycles. The van der Waals surface area contributed by atoms with Gasteiger partial charge in [0.05, 0.1) is 5.69 Å². The van der Waals surface area contributed by atoms with Crippen LogP contribution in [0.1, 0.15) is 43.6 Å². The molecule has 1 fully saturated rings. The third-order valence-electron chi connectivity index (χ3n) is 5.11. The van der Waals surface area contributed by atoms with Gasteiger partial charge < -0.3 is 5.32 Å². The molecule has 1 heterocycles. The topological polar surface area (TPSA) is 54.0 Å². The van der Waals surface area contributed by atoms with Crippen LogP contribution in [0, 0.1) is 0 Å². The molecule has 144 valence electrons. The van der Waals surface area contributed by atoms with E-state index in [1.54, 1.807) is 24.3 Å². The van der Waals surface area contributed by atoms with Crippen LogP contribution >= 0.6 is 22.9 Å². The molecule has 0 spiro atoms. The molecular formula is C22H22ClN3OS. The fraction of sp³-hybridized carbons (Fsp3) is 0.273. The number of urea groups is 1. The van der Waals surface area contributed by atoms with Gasteiger partial charge >= 0.3 is 6.03 Å². The minimum absolute atomic E-state index is 0.323. The maximum Gasteiger partial charge on any atom is 0.325 e. The van der Waals surface area contributed by atoms with Crippen molar-refractivity contribution in [3.05, 3.63) is 64.5 Å². The summed E-state index contributed by atoms with van der Waals surface area (Å²) < 4.78 is 0. The van der Waals surface area contributed by atoms with E-state index in [0.717, 1.165) is 11.3 Å². The molecule has 4 rings (SSSR count). The maximum atomic E-state index is 12.1. The molecular weight excluding hydrogens is 390 g/mol. The van der Waals surface area contributed by atoms with Gasteiger partial charge in [0.25, 0.3) is 0 Å². The first-order valence-electron chi connectivity index (χ1n) is 9.57. The zero-order valence-electron chi connectivity index (χ0n) is 15.5. The van der Waals surface area contributed by atoms with Gasteiger partial charge in [-0.15, -0.1) is 11.3 Å². The number of benzene rings is 2. The van der Waals surface area contributed by atoms with Crippen molar-refractivity contribution >= 4 is 39.8 Å². The van der Waals surface area contributed by atoms with E-state index < -0.39 is 0 Å². The van der Waals surface area contributed by atoms with Gasteiger partial charge in [0.1, 0.15) is 0 Å².